The fourth-order valence-electron chi connectivity index (χ4n) is 2.52. The highest BCUT2D eigenvalue weighted by Crippen LogP contribution is 2.15. The predicted octanol–water partition coefficient (Wildman–Crippen LogP) is 1.45. The molecule has 1 fully saturated rings. The molecule has 2 amide bonds. The van der Waals surface area contributed by atoms with E-state index in [9.17, 15) is 9.59 Å². The van der Waals surface area contributed by atoms with Gasteiger partial charge in [0.15, 0.2) is 6.61 Å². The van der Waals surface area contributed by atoms with E-state index >= 15 is 0 Å². The highest BCUT2D eigenvalue weighted by atomic mass is 16.5. The first-order chi connectivity index (χ1) is 11.6. The minimum Gasteiger partial charge on any atom is -0.484 e. The van der Waals surface area contributed by atoms with Gasteiger partial charge in [-0.25, -0.2) is 0 Å². The SMILES string of the molecule is CCN(C[C@H]1CCOC1)C(=O)/C=C/c1ccc(OCC(N)=O)cc1. The smallest absolute Gasteiger partial charge is 0.255 e. The van der Waals surface area contributed by atoms with E-state index in [1.807, 2.05) is 24.0 Å². The van der Waals surface area contributed by atoms with E-state index in [-0.39, 0.29) is 12.5 Å². The molecule has 1 aliphatic rings. The van der Waals surface area contributed by atoms with E-state index in [4.69, 9.17) is 15.2 Å². The average Bonchev–Trinajstić information content (AvgIpc) is 3.09. The highest BCUT2D eigenvalue weighted by molar-refractivity contribution is 5.91. The lowest BCUT2D eigenvalue weighted by molar-refractivity contribution is -0.126. The van der Waals surface area contributed by atoms with Gasteiger partial charge >= 0.3 is 0 Å². The molecule has 6 heteroatoms. The third-order valence-corrected chi connectivity index (χ3v) is 3.88. The molecule has 6 nitrogen and oxygen atoms in total. The van der Waals surface area contributed by atoms with E-state index in [1.54, 1.807) is 24.3 Å². The van der Waals surface area contributed by atoms with Gasteiger partial charge in [0.05, 0.1) is 6.61 Å². The van der Waals surface area contributed by atoms with Crippen LogP contribution in [-0.4, -0.2) is 49.6 Å². The summed E-state index contributed by atoms with van der Waals surface area (Å²) < 4.78 is 10.6. The number of rotatable bonds is 8. The second kappa shape index (κ2) is 9.08. The number of carbonyl (C=O) groups excluding carboxylic acids is 2. The fraction of sp³-hybridized carbons (Fsp3) is 0.444. The second-order valence-corrected chi connectivity index (χ2v) is 5.76. The monoisotopic (exact) mass is 332 g/mol. The molecule has 0 saturated carbocycles. The van der Waals surface area contributed by atoms with Crippen LogP contribution in [0.3, 0.4) is 0 Å². The first-order valence-electron chi connectivity index (χ1n) is 8.14. The van der Waals surface area contributed by atoms with E-state index in [0.29, 0.717) is 18.2 Å². The number of benzene rings is 1. The molecule has 1 aromatic carbocycles. The molecule has 0 spiro atoms. The summed E-state index contributed by atoms with van der Waals surface area (Å²) in [6, 6.07) is 7.11. The van der Waals surface area contributed by atoms with Gasteiger partial charge in [0, 0.05) is 31.7 Å². The first kappa shape index (κ1) is 18.0. The number of ether oxygens (including phenoxy) is 2. The van der Waals surface area contributed by atoms with Crippen molar-refractivity contribution >= 4 is 17.9 Å². The quantitative estimate of drug-likeness (QED) is 0.731. The molecule has 0 aliphatic carbocycles. The number of carbonyl (C=O) groups is 2. The van der Waals surface area contributed by atoms with Gasteiger partial charge < -0.3 is 20.1 Å². The standard InChI is InChI=1S/C18H24N2O4/c1-2-20(11-15-9-10-23-12-15)18(22)8-5-14-3-6-16(7-4-14)24-13-17(19)21/h3-8,15H,2,9-13H2,1H3,(H2,19,21)/b8-5+/t15-/m1/s1. The Hall–Kier alpha value is -2.34. The van der Waals surface area contributed by atoms with Gasteiger partial charge in [-0.15, -0.1) is 0 Å². The van der Waals surface area contributed by atoms with Gasteiger partial charge in [0.25, 0.3) is 5.91 Å². The number of amides is 2. The zero-order valence-corrected chi connectivity index (χ0v) is 13.9. The molecule has 1 saturated heterocycles. The summed E-state index contributed by atoms with van der Waals surface area (Å²) >= 11 is 0. The molecule has 0 bridgehead atoms. The largest absolute Gasteiger partial charge is 0.484 e. The normalized spacial score (nSPS) is 17.1. The van der Waals surface area contributed by atoms with Crippen molar-refractivity contribution in [2.45, 2.75) is 13.3 Å². The lowest BCUT2D eigenvalue weighted by Gasteiger charge is -2.22. The van der Waals surface area contributed by atoms with Gasteiger partial charge in [0.1, 0.15) is 5.75 Å². The number of hydrogen-bond donors (Lipinski definition) is 1. The molecule has 1 aliphatic heterocycles. The maximum Gasteiger partial charge on any atom is 0.255 e. The van der Waals surface area contributed by atoms with Crippen LogP contribution in [0.25, 0.3) is 6.08 Å². The van der Waals surface area contributed by atoms with Crippen molar-refractivity contribution in [3.63, 3.8) is 0 Å². The van der Waals surface area contributed by atoms with Gasteiger partial charge in [0.2, 0.25) is 5.91 Å². The first-order valence-corrected chi connectivity index (χ1v) is 8.14. The van der Waals surface area contributed by atoms with Gasteiger partial charge in [-0.1, -0.05) is 12.1 Å². The van der Waals surface area contributed by atoms with Gasteiger partial charge in [-0.2, -0.15) is 0 Å². The Bertz CT molecular complexity index is 577. The summed E-state index contributed by atoms with van der Waals surface area (Å²) in [5.74, 6) is 0.480. The maximum atomic E-state index is 12.3. The number of hydrogen-bond acceptors (Lipinski definition) is 4. The van der Waals surface area contributed by atoms with Crippen LogP contribution in [0.4, 0.5) is 0 Å². The van der Waals surface area contributed by atoms with Crippen LogP contribution in [0.15, 0.2) is 30.3 Å². The summed E-state index contributed by atoms with van der Waals surface area (Å²) in [5.41, 5.74) is 5.91. The van der Waals surface area contributed by atoms with Crippen molar-refractivity contribution in [2.75, 3.05) is 32.9 Å². The van der Waals surface area contributed by atoms with Crippen LogP contribution in [-0.2, 0) is 14.3 Å². The van der Waals surface area contributed by atoms with Crippen LogP contribution < -0.4 is 10.5 Å². The minimum atomic E-state index is -0.517. The average molecular weight is 332 g/mol. The summed E-state index contributed by atoms with van der Waals surface area (Å²) in [6.07, 6.45) is 4.37. The summed E-state index contributed by atoms with van der Waals surface area (Å²) in [5, 5.41) is 0. The molecule has 0 radical (unpaired) electrons. The number of likely N-dealkylation sites (N-methyl/N-ethyl adjacent to an activating group) is 1. The second-order valence-electron chi connectivity index (χ2n) is 5.76. The van der Waals surface area contributed by atoms with Crippen molar-refractivity contribution in [1.29, 1.82) is 0 Å². The predicted molar refractivity (Wildman–Crippen MR) is 91.3 cm³/mol. The zero-order valence-electron chi connectivity index (χ0n) is 13.9. The Morgan fingerprint density at radius 3 is 2.71 bits per heavy atom. The van der Waals surface area contributed by atoms with Crippen molar-refractivity contribution in [1.82, 2.24) is 4.90 Å². The van der Waals surface area contributed by atoms with Crippen molar-refractivity contribution in [3.8, 4) is 5.75 Å². The van der Waals surface area contributed by atoms with Crippen molar-refractivity contribution < 1.29 is 19.1 Å². The van der Waals surface area contributed by atoms with Crippen molar-refractivity contribution in [2.24, 2.45) is 11.7 Å². The molecular formula is C18H24N2O4. The Morgan fingerprint density at radius 1 is 1.38 bits per heavy atom. The number of nitrogens with zero attached hydrogens (tertiary/aromatic N) is 1. The Balaban J connectivity index is 1.88. The zero-order chi connectivity index (χ0) is 17.4. The molecule has 0 unspecified atom stereocenters. The molecular weight excluding hydrogens is 308 g/mol. The Labute approximate surface area is 142 Å². The number of primary amides is 1. The molecule has 1 heterocycles. The maximum absolute atomic E-state index is 12.3. The van der Waals surface area contributed by atoms with E-state index < -0.39 is 5.91 Å². The van der Waals surface area contributed by atoms with Crippen LogP contribution in [0.5, 0.6) is 5.75 Å². The Morgan fingerprint density at radius 2 is 2.12 bits per heavy atom. The summed E-state index contributed by atoms with van der Waals surface area (Å²) in [6.45, 7) is 4.77. The van der Waals surface area contributed by atoms with Gasteiger partial charge in [-0.3, -0.25) is 9.59 Å². The molecule has 1 aromatic rings. The van der Waals surface area contributed by atoms with Crippen molar-refractivity contribution in [3.05, 3.63) is 35.9 Å². The molecule has 24 heavy (non-hydrogen) atoms. The van der Waals surface area contributed by atoms with Crippen LogP contribution in [0.2, 0.25) is 0 Å². The molecule has 2 rings (SSSR count). The van der Waals surface area contributed by atoms with E-state index in [1.165, 1.54) is 0 Å². The highest BCUT2D eigenvalue weighted by Gasteiger charge is 2.20. The molecule has 1 atom stereocenters. The third kappa shape index (κ3) is 5.70. The summed E-state index contributed by atoms with van der Waals surface area (Å²) in [4.78, 5) is 24.8. The lowest BCUT2D eigenvalue weighted by Crippen LogP contribution is -2.34. The van der Waals surface area contributed by atoms with Crippen LogP contribution in [0, 0.1) is 5.92 Å². The lowest BCUT2D eigenvalue weighted by atomic mass is 10.1. The van der Waals surface area contributed by atoms with Gasteiger partial charge in [-0.05, 0) is 37.1 Å². The summed E-state index contributed by atoms with van der Waals surface area (Å²) in [7, 11) is 0. The fourth-order valence-corrected chi connectivity index (χ4v) is 2.52. The van der Waals surface area contributed by atoms with Crippen LogP contribution >= 0.6 is 0 Å². The molecule has 130 valence electrons. The van der Waals surface area contributed by atoms with E-state index in [0.717, 1.165) is 31.7 Å². The molecule has 2 N–H and O–H groups in total. The molecule has 0 aromatic heterocycles. The topological polar surface area (TPSA) is 81.9 Å². The third-order valence-electron chi connectivity index (χ3n) is 3.88. The number of nitrogens with two attached hydrogens (primary N) is 1. The minimum absolute atomic E-state index is 0.00143. The Kier molecular flexibility index (Phi) is 6.81. The van der Waals surface area contributed by atoms with E-state index in [2.05, 4.69) is 0 Å². The van der Waals surface area contributed by atoms with Crippen LogP contribution in [0.1, 0.15) is 18.9 Å².